The molecule has 0 spiro atoms. The van der Waals surface area contributed by atoms with Gasteiger partial charge in [-0.2, -0.15) is 0 Å². The van der Waals surface area contributed by atoms with Gasteiger partial charge in [-0.25, -0.2) is 4.98 Å². The van der Waals surface area contributed by atoms with Gasteiger partial charge in [-0.3, -0.25) is 9.89 Å². The zero-order valence-electron chi connectivity index (χ0n) is 16.3. The predicted molar refractivity (Wildman–Crippen MR) is 119 cm³/mol. The fourth-order valence-electron chi connectivity index (χ4n) is 2.71. The van der Waals surface area contributed by atoms with Crippen LogP contribution in [0.1, 0.15) is 6.92 Å². The van der Waals surface area contributed by atoms with Crippen LogP contribution in [0, 0.1) is 0 Å². The van der Waals surface area contributed by atoms with Gasteiger partial charge in [0.1, 0.15) is 11.5 Å². The summed E-state index contributed by atoms with van der Waals surface area (Å²) < 4.78 is 5.77. The van der Waals surface area contributed by atoms with Gasteiger partial charge in [-0.1, -0.05) is 60.3 Å². The number of para-hydroxylation sites is 1. The zero-order valence-corrected chi connectivity index (χ0v) is 17.1. The molecule has 0 radical (unpaired) electrons. The molecule has 0 bridgehead atoms. The third kappa shape index (κ3) is 5.07. The Labute approximate surface area is 178 Å². The molecule has 7 heteroatoms. The molecule has 150 valence electrons. The summed E-state index contributed by atoms with van der Waals surface area (Å²) in [6, 6.07) is 26.6. The molecule has 0 fully saturated rings. The Morgan fingerprint density at radius 3 is 2.27 bits per heavy atom. The lowest BCUT2D eigenvalue weighted by Gasteiger charge is -2.11. The van der Waals surface area contributed by atoms with E-state index < -0.39 is 0 Å². The number of benzene rings is 3. The molecule has 1 aromatic heterocycles. The SMILES string of the molecule is C[C@H](Sc1n[nH]c(-c2ccccc2)n1)C(=O)Nc1ccc(Oc2ccccc2)cc1. The molecule has 4 rings (SSSR count). The number of hydrogen-bond donors (Lipinski definition) is 2. The van der Waals surface area contributed by atoms with Crippen molar-refractivity contribution in [2.45, 2.75) is 17.3 Å². The van der Waals surface area contributed by atoms with E-state index in [4.69, 9.17) is 4.74 Å². The minimum atomic E-state index is -0.357. The highest BCUT2D eigenvalue weighted by atomic mass is 32.2. The lowest BCUT2D eigenvalue weighted by Crippen LogP contribution is -2.22. The van der Waals surface area contributed by atoms with Gasteiger partial charge in [-0.05, 0) is 43.3 Å². The van der Waals surface area contributed by atoms with E-state index in [2.05, 4.69) is 20.5 Å². The maximum absolute atomic E-state index is 12.5. The molecule has 0 aliphatic heterocycles. The Bertz CT molecular complexity index is 1100. The molecule has 4 aromatic rings. The third-order valence-corrected chi connectivity index (χ3v) is 5.23. The van der Waals surface area contributed by atoms with Crippen molar-refractivity contribution in [3.8, 4) is 22.9 Å². The van der Waals surface area contributed by atoms with Crippen LogP contribution in [0.3, 0.4) is 0 Å². The number of amides is 1. The first-order valence-corrected chi connectivity index (χ1v) is 10.3. The zero-order chi connectivity index (χ0) is 20.8. The van der Waals surface area contributed by atoms with Crippen LogP contribution in [0.4, 0.5) is 5.69 Å². The molecule has 0 aliphatic rings. The van der Waals surface area contributed by atoms with Crippen molar-refractivity contribution in [1.82, 2.24) is 15.2 Å². The number of rotatable bonds is 7. The summed E-state index contributed by atoms with van der Waals surface area (Å²) in [5, 5.41) is 10.2. The highest BCUT2D eigenvalue weighted by Crippen LogP contribution is 2.25. The number of nitrogens with one attached hydrogen (secondary N) is 2. The molecule has 0 aliphatic carbocycles. The lowest BCUT2D eigenvalue weighted by molar-refractivity contribution is -0.115. The first-order valence-electron chi connectivity index (χ1n) is 9.46. The van der Waals surface area contributed by atoms with E-state index in [-0.39, 0.29) is 11.2 Å². The Kier molecular flexibility index (Phi) is 6.10. The van der Waals surface area contributed by atoms with Gasteiger partial charge in [-0.15, -0.1) is 5.10 Å². The Morgan fingerprint density at radius 1 is 0.933 bits per heavy atom. The molecule has 0 unspecified atom stereocenters. The molecule has 6 nitrogen and oxygen atoms in total. The average Bonchev–Trinajstić information content (AvgIpc) is 3.25. The van der Waals surface area contributed by atoms with E-state index in [9.17, 15) is 4.79 Å². The number of thioether (sulfide) groups is 1. The molecule has 1 heterocycles. The molecule has 3 aromatic carbocycles. The molecule has 0 saturated heterocycles. The maximum atomic E-state index is 12.5. The number of carbonyl (C=O) groups is 1. The largest absolute Gasteiger partial charge is 0.457 e. The summed E-state index contributed by atoms with van der Waals surface area (Å²) in [5.41, 5.74) is 1.65. The van der Waals surface area contributed by atoms with Crippen LogP contribution in [0.2, 0.25) is 0 Å². The number of carbonyl (C=O) groups excluding carboxylic acids is 1. The Hall–Kier alpha value is -3.58. The Balaban J connectivity index is 1.33. The molecule has 30 heavy (non-hydrogen) atoms. The predicted octanol–water partition coefficient (Wildman–Crippen LogP) is 5.38. The number of anilines is 1. The smallest absolute Gasteiger partial charge is 0.237 e. The van der Waals surface area contributed by atoms with Crippen molar-refractivity contribution < 1.29 is 9.53 Å². The quantitative estimate of drug-likeness (QED) is 0.395. The van der Waals surface area contributed by atoms with E-state index >= 15 is 0 Å². The summed E-state index contributed by atoms with van der Waals surface area (Å²) in [6.07, 6.45) is 0. The van der Waals surface area contributed by atoms with Gasteiger partial charge in [0.25, 0.3) is 0 Å². The number of aromatic nitrogens is 3. The number of aromatic amines is 1. The van der Waals surface area contributed by atoms with E-state index in [1.54, 1.807) is 0 Å². The second kappa shape index (κ2) is 9.28. The molecule has 0 saturated carbocycles. The van der Waals surface area contributed by atoms with Crippen LogP contribution < -0.4 is 10.1 Å². The van der Waals surface area contributed by atoms with Crippen molar-refractivity contribution >= 4 is 23.4 Å². The van der Waals surface area contributed by atoms with Crippen molar-refractivity contribution in [3.05, 3.63) is 84.9 Å². The van der Waals surface area contributed by atoms with Crippen molar-refractivity contribution in [3.63, 3.8) is 0 Å². The molecular weight excluding hydrogens is 396 g/mol. The Morgan fingerprint density at radius 2 is 1.57 bits per heavy atom. The summed E-state index contributed by atoms with van der Waals surface area (Å²) in [4.78, 5) is 17.0. The maximum Gasteiger partial charge on any atom is 0.237 e. The summed E-state index contributed by atoms with van der Waals surface area (Å²) in [5.74, 6) is 2.03. The van der Waals surface area contributed by atoms with Crippen LogP contribution in [0.15, 0.2) is 90.1 Å². The monoisotopic (exact) mass is 416 g/mol. The van der Waals surface area contributed by atoms with Crippen molar-refractivity contribution in [2.24, 2.45) is 0 Å². The lowest BCUT2D eigenvalue weighted by atomic mass is 10.2. The topological polar surface area (TPSA) is 79.9 Å². The van der Waals surface area contributed by atoms with Gasteiger partial charge in [0, 0.05) is 11.3 Å². The highest BCUT2D eigenvalue weighted by Gasteiger charge is 2.17. The number of ether oxygens (including phenoxy) is 1. The van der Waals surface area contributed by atoms with Gasteiger partial charge in [0.15, 0.2) is 5.82 Å². The van der Waals surface area contributed by atoms with Crippen LogP contribution in [0.25, 0.3) is 11.4 Å². The first kappa shape index (κ1) is 19.7. The fraction of sp³-hybridized carbons (Fsp3) is 0.0870. The van der Waals surface area contributed by atoms with Gasteiger partial charge in [0.2, 0.25) is 11.1 Å². The summed E-state index contributed by atoms with van der Waals surface area (Å²) in [6.45, 7) is 1.82. The normalized spacial score (nSPS) is 11.6. The summed E-state index contributed by atoms with van der Waals surface area (Å²) >= 11 is 1.30. The third-order valence-electron chi connectivity index (χ3n) is 4.26. The average molecular weight is 417 g/mol. The second-order valence-corrected chi connectivity index (χ2v) is 7.83. The number of H-pyrrole nitrogens is 1. The van der Waals surface area contributed by atoms with E-state index in [0.717, 1.165) is 11.3 Å². The molecule has 1 atom stereocenters. The van der Waals surface area contributed by atoms with E-state index in [1.165, 1.54) is 11.8 Å². The molecular formula is C23H20N4O2S. The highest BCUT2D eigenvalue weighted by molar-refractivity contribution is 8.00. The number of hydrogen-bond acceptors (Lipinski definition) is 5. The van der Waals surface area contributed by atoms with Crippen LogP contribution in [0.5, 0.6) is 11.5 Å². The molecule has 2 N–H and O–H groups in total. The van der Waals surface area contributed by atoms with Crippen LogP contribution in [-0.2, 0) is 4.79 Å². The fourth-order valence-corrected chi connectivity index (χ4v) is 3.44. The van der Waals surface area contributed by atoms with Crippen LogP contribution >= 0.6 is 11.8 Å². The number of nitrogens with zero attached hydrogens (tertiary/aromatic N) is 2. The van der Waals surface area contributed by atoms with Gasteiger partial charge < -0.3 is 10.1 Å². The molecule has 1 amide bonds. The van der Waals surface area contributed by atoms with Crippen LogP contribution in [-0.4, -0.2) is 26.3 Å². The first-order chi connectivity index (χ1) is 14.7. The van der Waals surface area contributed by atoms with Gasteiger partial charge >= 0.3 is 0 Å². The van der Waals surface area contributed by atoms with E-state index in [0.29, 0.717) is 22.4 Å². The minimum absolute atomic E-state index is 0.122. The summed E-state index contributed by atoms with van der Waals surface area (Å²) in [7, 11) is 0. The van der Waals surface area contributed by atoms with Crippen molar-refractivity contribution in [2.75, 3.05) is 5.32 Å². The standard InChI is InChI=1S/C23H20N4O2S/c1-16(30-23-25-21(26-27-23)17-8-4-2-5-9-17)22(28)24-18-12-14-20(15-13-18)29-19-10-6-3-7-11-19/h2-16H,1H3,(H,24,28)(H,25,26,27)/t16-/m0/s1. The van der Waals surface area contributed by atoms with Gasteiger partial charge in [0.05, 0.1) is 5.25 Å². The second-order valence-electron chi connectivity index (χ2n) is 6.52. The minimum Gasteiger partial charge on any atom is -0.457 e. The van der Waals surface area contributed by atoms with Crippen molar-refractivity contribution in [1.29, 1.82) is 0 Å². The van der Waals surface area contributed by atoms with E-state index in [1.807, 2.05) is 91.9 Å².